The van der Waals surface area contributed by atoms with Crippen LogP contribution >= 0.6 is 0 Å². The molecule has 0 aliphatic carbocycles. The second-order valence-corrected chi connectivity index (χ2v) is 3.93. The number of benzene rings is 1. The number of nitrogens with one attached hydrogen (secondary N) is 1. The van der Waals surface area contributed by atoms with Crippen molar-refractivity contribution in [3.8, 4) is 0 Å². The van der Waals surface area contributed by atoms with Gasteiger partial charge in [0.2, 0.25) is 0 Å². The third kappa shape index (κ3) is 3.57. The largest absolute Gasteiger partial charge is 0.340 e. The van der Waals surface area contributed by atoms with E-state index in [1.54, 1.807) is 6.20 Å². The van der Waals surface area contributed by atoms with Gasteiger partial charge in [0.05, 0.1) is 0 Å². The summed E-state index contributed by atoms with van der Waals surface area (Å²) < 4.78 is 0. The molecule has 0 saturated carbocycles. The van der Waals surface area contributed by atoms with E-state index in [1.807, 2.05) is 24.3 Å². The summed E-state index contributed by atoms with van der Waals surface area (Å²) >= 11 is 0. The average molecular weight is 227 g/mol. The molecule has 0 radical (unpaired) electrons. The minimum atomic E-state index is 0.734. The minimum Gasteiger partial charge on any atom is -0.340 e. The monoisotopic (exact) mass is 227 g/mol. The number of hydrogen-bond donors (Lipinski definition) is 2. The second-order valence-electron chi connectivity index (χ2n) is 3.93. The third-order valence-corrected chi connectivity index (χ3v) is 2.53. The van der Waals surface area contributed by atoms with Gasteiger partial charge < -0.3 is 11.1 Å². The Kier molecular flexibility index (Phi) is 4.11. The Morgan fingerprint density at radius 3 is 2.82 bits per heavy atom. The molecule has 0 spiro atoms. The first-order chi connectivity index (χ1) is 8.38. The van der Waals surface area contributed by atoms with Crippen molar-refractivity contribution in [1.82, 2.24) is 4.98 Å². The fourth-order valence-electron chi connectivity index (χ4n) is 1.70. The first-order valence-electron chi connectivity index (χ1n) is 5.85. The van der Waals surface area contributed by atoms with Crippen molar-refractivity contribution in [2.45, 2.75) is 12.8 Å². The highest BCUT2D eigenvalue weighted by atomic mass is 15.0. The molecule has 0 bridgehead atoms. The van der Waals surface area contributed by atoms with Crippen LogP contribution in [0.25, 0.3) is 0 Å². The van der Waals surface area contributed by atoms with E-state index < -0.39 is 0 Å². The van der Waals surface area contributed by atoms with Crippen molar-refractivity contribution < 1.29 is 0 Å². The highest BCUT2D eigenvalue weighted by Gasteiger charge is 1.97. The molecule has 0 amide bonds. The van der Waals surface area contributed by atoms with Crippen molar-refractivity contribution in [3.05, 3.63) is 54.2 Å². The molecule has 0 unspecified atom stereocenters. The van der Waals surface area contributed by atoms with Crippen LogP contribution in [0.4, 0.5) is 11.5 Å². The van der Waals surface area contributed by atoms with Crippen LogP contribution in [0.1, 0.15) is 12.0 Å². The zero-order valence-corrected chi connectivity index (χ0v) is 9.76. The topological polar surface area (TPSA) is 50.9 Å². The molecule has 88 valence electrons. The number of aromatic nitrogens is 1. The van der Waals surface area contributed by atoms with E-state index in [9.17, 15) is 0 Å². The van der Waals surface area contributed by atoms with Gasteiger partial charge in [-0.3, -0.25) is 0 Å². The number of aryl methyl sites for hydroxylation is 1. The van der Waals surface area contributed by atoms with Crippen LogP contribution in [0, 0.1) is 0 Å². The summed E-state index contributed by atoms with van der Waals surface area (Å²) in [5.74, 6) is 0.864. The minimum absolute atomic E-state index is 0.734. The molecule has 1 heterocycles. The molecule has 0 saturated heterocycles. The second kappa shape index (κ2) is 6.01. The summed E-state index contributed by atoms with van der Waals surface area (Å²) in [5, 5.41) is 3.28. The van der Waals surface area contributed by atoms with Gasteiger partial charge in [0.25, 0.3) is 0 Å². The molecule has 3 heteroatoms. The lowest BCUT2D eigenvalue weighted by molar-refractivity contribution is 0.833. The summed E-state index contributed by atoms with van der Waals surface area (Å²) in [6.07, 6.45) is 3.82. The standard InChI is InChI=1S/C14H17N3/c15-9-4-6-12-5-3-7-13(11-12)17-14-8-1-2-10-16-14/h1-3,5,7-8,10-11H,4,6,9,15H2,(H,16,17). The van der Waals surface area contributed by atoms with E-state index in [1.165, 1.54) is 5.56 Å². The van der Waals surface area contributed by atoms with Crippen LogP contribution in [0.2, 0.25) is 0 Å². The van der Waals surface area contributed by atoms with Crippen LogP contribution in [0.3, 0.4) is 0 Å². The van der Waals surface area contributed by atoms with Crippen LogP contribution in [-0.2, 0) is 6.42 Å². The summed E-state index contributed by atoms with van der Waals surface area (Å²) in [6, 6.07) is 14.2. The quantitative estimate of drug-likeness (QED) is 0.825. The van der Waals surface area contributed by atoms with Gasteiger partial charge in [0.15, 0.2) is 0 Å². The Hall–Kier alpha value is -1.87. The molecule has 0 aliphatic rings. The maximum Gasteiger partial charge on any atom is 0.130 e. The molecule has 0 fully saturated rings. The van der Waals surface area contributed by atoms with Crippen LogP contribution in [-0.4, -0.2) is 11.5 Å². The summed E-state index contributed by atoms with van der Waals surface area (Å²) in [6.45, 7) is 0.734. The van der Waals surface area contributed by atoms with E-state index in [4.69, 9.17) is 5.73 Å². The predicted octanol–water partition coefficient (Wildman–Crippen LogP) is 2.72. The first kappa shape index (κ1) is 11.6. The van der Waals surface area contributed by atoms with E-state index in [2.05, 4.69) is 28.5 Å². The van der Waals surface area contributed by atoms with Crippen molar-refractivity contribution in [1.29, 1.82) is 0 Å². The molecule has 2 aromatic rings. The van der Waals surface area contributed by atoms with E-state index in [0.717, 1.165) is 30.9 Å². The van der Waals surface area contributed by atoms with Crippen molar-refractivity contribution in [2.24, 2.45) is 5.73 Å². The molecule has 1 aromatic heterocycles. The Morgan fingerprint density at radius 2 is 2.06 bits per heavy atom. The van der Waals surface area contributed by atoms with Crippen molar-refractivity contribution in [3.63, 3.8) is 0 Å². The molecule has 17 heavy (non-hydrogen) atoms. The van der Waals surface area contributed by atoms with Gasteiger partial charge in [-0.1, -0.05) is 18.2 Å². The highest BCUT2D eigenvalue weighted by Crippen LogP contribution is 2.16. The Labute approximate surface area is 102 Å². The van der Waals surface area contributed by atoms with Crippen molar-refractivity contribution >= 4 is 11.5 Å². The number of nitrogens with zero attached hydrogens (tertiary/aromatic N) is 1. The lowest BCUT2D eigenvalue weighted by Gasteiger charge is -2.07. The number of anilines is 2. The Bertz CT molecular complexity index is 454. The first-order valence-corrected chi connectivity index (χ1v) is 5.85. The summed E-state index contributed by atoms with van der Waals surface area (Å²) in [7, 11) is 0. The Morgan fingerprint density at radius 1 is 1.12 bits per heavy atom. The molecule has 1 aromatic carbocycles. The van der Waals surface area contributed by atoms with Gasteiger partial charge in [0.1, 0.15) is 5.82 Å². The van der Waals surface area contributed by atoms with Crippen LogP contribution in [0.15, 0.2) is 48.7 Å². The van der Waals surface area contributed by atoms with Crippen LogP contribution in [0.5, 0.6) is 0 Å². The predicted molar refractivity (Wildman–Crippen MR) is 71.3 cm³/mol. The SMILES string of the molecule is NCCCc1cccc(Nc2ccccn2)c1. The molecular formula is C14H17N3. The average Bonchev–Trinajstić information content (AvgIpc) is 2.38. The van der Waals surface area contributed by atoms with Gasteiger partial charge in [-0.05, 0) is 49.2 Å². The van der Waals surface area contributed by atoms with E-state index in [0.29, 0.717) is 0 Å². The molecular weight excluding hydrogens is 210 g/mol. The van der Waals surface area contributed by atoms with E-state index in [-0.39, 0.29) is 0 Å². The summed E-state index contributed by atoms with van der Waals surface area (Å²) in [5.41, 5.74) is 7.88. The molecule has 3 N–H and O–H groups in total. The molecule has 3 nitrogen and oxygen atoms in total. The van der Waals surface area contributed by atoms with E-state index >= 15 is 0 Å². The fourth-order valence-corrected chi connectivity index (χ4v) is 1.70. The van der Waals surface area contributed by atoms with Gasteiger partial charge in [-0.2, -0.15) is 0 Å². The normalized spacial score (nSPS) is 10.2. The lowest BCUT2D eigenvalue weighted by atomic mass is 10.1. The number of pyridine rings is 1. The maximum absolute atomic E-state index is 5.51. The summed E-state index contributed by atoms with van der Waals surface area (Å²) in [4.78, 5) is 4.23. The zero-order chi connectivity index (χ0) is 11.9. The number of rotatable bonds is 5. The maximum atomic E-state index is 5.51. The number of nitrogens with two attached hydrogens (primary N) is 1. The van der Waals surface area contributed by atoms with Gasteiger partial charge in [0, 0.05) is 11.9 Å². The van der Waals surface area contributed by atoms with Crippen molar-refractivity contribution in [2.75, 3.05) is 11.9 Å². The number of hydrogen-bond acceptors (Lipinski definition) is 3. The van der Waals surface area contributed by atoms with Gasteiger partial charge in [-0.15, -0.1) is 0 Å². The third-order valence-electron chi connectivity index (χ3n) is 2.53. The highest BCUT2D eigenvalue weighted by molar-refractivity contribution is 5.56. The molecule has 2 rings (SSSR count). The fraction of sp³-hybridized carbons (Fsp3) is 0.214. The molecule has 0 atom stereocenters. The zero-order valence-electron chi connectivity index (χ0n) is 9.76. The Balaban J connectivity index is 2.06. The smallest absolute Gasteiger partial charge is 0.130 e. The van der Waals surface area contributed by atoms with Gasteiger partial charge >= 0.3 is 0 Å². The van der Waals surface area contributed by atoms with Crippen LogP contribution < -0.4 is 11.1 Å². The van der Waals surface area contributed by atoms with Gasteiger partial charge in [-0.25, -0.2) is 4.98 Å². The molecule has 0 aliphatic heterocycles. The lowest BCUT2D eigenvalue weighted by Crippen LogP contribution is -2.00.